The number of carbonyl (C=O) groups is 1. The van der Waals surface area contributed by atoms with Crippen LogP contribution in [-0.2, 0) is 6.42 Å². The zero-order valence-electron chi connectivity index (χ0n) is 21.9. The number of halogens is 1. The summed E-state index contributed by atoms with van der Waals surface area (Å²) in [5.74, 6) is 1.20. The Balaban J connectivity index is 1.23. The molecular weight excluding hydrogens is 483 g/mol. The minimum Gasteiger partial charge on any atom is -0.493 e. The van der Waals surface area contributed by atoms with Gasteiger partial charge in [-0.2, -0.15) is 0 Å². The van der Waals surface area contributed by atoms with Crippen LogP contribution in [0.5, 0.6) is 11.5 Å². The number of ketones is 1. The van der Waals surface area contributed by atoms with Gasteiger partial charge in [0, 0.05) is 35.9 Å². The molecule has 0 amide bonds. The summed E-state index contributed by atoms with van der Waals surface area (Å²) in [7, 11) is 1.59. The maximum atomic E-state index is 13.5. The number of ether oxygens (including phenoxy) is 2. The van der Waals surface area contributed by atoms with Crippen LogP contribution >= 0.6 is 0 Å². The van der Waals surface area contributed by atoms with E-state index in [4.69, 9.17) is 14.0 Å². The quantitative estimate of drug-likeness (QED) is 0.226. The Hall–Kier alpha value is -3.71. The highest BCUT2D eigenvalue weighted by Gasteiger charge is 2.26. The van der Waals surface area contributed by atoms with Gasteiger partial charge in [-0.3, -0.25) is 4.79 Å². The van der Waals surface area contributed by atoms with Gasteiger partial charge in [-0.1, -0.05) is 35.5 Å². The summed E-state index contributed by atoms with van der Waals surface area (Å²) in [5, 5.41) is 5.18. The molecule has 1 aliphatic heterocycles. The average Bonchev–Trinajstić information content (AvgIpc) is 3.35. The molecule has 2 heterocycles. The molecule has 1 unspecified atom stereocenters. The fourth-order valence-corrected chi connectivity index (χ4v) is 5.22. The highest BCUT2D eigenvalue weighted by Crippen LogP contribution is 2.34. The van der Waals surface area contributed by atoms with Gasteiger partial charge in [0.15, 0.2) is 22.9 Å². The number of likely N-dealkylation sites (tertiary alicyclic amines) is 1. The molecule has 198 valence electrons. The minimum atomic E-state index is -0.310. The van der Waals surface area contributed by atoms with E-state index in [-0.39, 0.29) is 17.7 Å². The SMILES string of the molecule is COc1cc(C(C)=O)ccc1OC(CCN1CCC(c2noc3cc(F)ccc23)CC1)Cc1ccccc1. The molecule has 0 N–H and O–H groups in total. The number of benzene rings is 3. The lowest BCUT2D eigenvalue weighted by molar-refractivity contribution is 0.101. The Kier molecular flexibility index (Phi) is 8.03. The molecule has 0 bridgehead atoms. The van der Waals surface area contributed by atoms with E-state index < -0.39 is 0 Å². The van der Waals surface area contributed by atoms with Gasteiger partial charge in [0.05, 0.1) is 12.8 Å². The summed E-state index contributed by atoms with van der Waals surface area (Å²) < 4.78 is 31.0. The first-order chi connectivity index (χ1) is 18.5. The smallest absolute Gasteiger partial charge is 0.170 e. The molecule has 6 nitrogen and oxygen atoms in total. The van der Waals surface area contributed by atoms with E-state index >= 15 is 0 Å². The van der Waals surface area contributed by atoms with Crippen LogP contribution in [-0.4, -0.2) is 48.7 Å². The number of hydrogen-bond acceptors (Lipinski definition) is 6. The number of fused-ring (bicyclic) bond motifs is 1. The molecule has 0 saturated carbocycles. The van der Waals surface area contributed by atoms with Crippen molar-refractivity contribution in [3.8, 4) is 11.5 Å². The van der Waals surface area contributed by atoms with Gasteiger partial charge in [0.25, 0.3) is 0 Å². The van der Waals surface area contributed by atoms with E-state index in [1.807, 2.05) is 24.3 Å². The first-order valence-corrected chi connectivity index (χ1v) is 13.2. The van der Waals surface area contributed by atoms with Crippen LogP contribution in [0.25, 0.3) is 11.0 Å². The van der Waals surface area contributed by atoms with Crippen LogP contribution in [0.15, 0.2) is 71.3 Å². The van der Waals surface area contributed by atoms with Gasteiger partial charge in [-0.25, -0.2) is 4.39 Å². The molecule has 0 spiro atoms. The van der Waals surface area contributed by atoms with Crippen molar-refractivity contribution in [2.24, 2.45) is 0 Å². The number of hydrogen-bond donors (Lipinski definition) is 0. The van der Waals surface area contributed by atoms with Gasteiger partial charge in [-0.05, 0) is 75.2 Å². The van der Waals surface area contributed by atoms with Gasteiger partial charge in [0.2, 0.25) is 0 Å². The number of piperidine rings is 1. The Bertz CT molecular complexity index is 1380. The van der Waals surface area contributed by atoms with E-state index in [2.05, 4.69) is 22.2 Å². The summed E-state index contributed by atoms with van der Waals surface area (Å²) in [6, 6.07) is 20.3. The molecule has 1 fully saturated rings. The fourth-order valence-electron chi connectivity index (χ4n) is 5.22. The number of aromatic nitrogens is 1. The third-order valence-electron chi connectivity index (χ3n) is 7.37. The molecule has 1 aromatic heterocycles. The number of methoxy groups -OCH3 is 1. The van der Waals surface area contributed by atoms with Crippen molar-refractivity contribution in [2.45, 2.75) is 44.6 Å². The molecule has 7 heteroatoms. The summed E-state index contributed by atoms with van der Waals surface area (Å²) in [6.07, 6.45) is 3.52. The van der Waals surface area contributed by atoms with Crippen molar-refractivity contribution in [1.82, 2.24) is 10.1 Å². The van der Waals surface area contributed by atoms with Gasteiger partial charge in [0.1, 0.15) is 11.9 Å². The maximum absolute atomic E-state index is 13.5. The van der Waals surface area contributed by atoms with Crippen molar-refractivity contribution >= 4 is 16.8 Å². The molecule has 1 aliphatic rings. The van der Waals surface area contributed by atoms with Gasteiger partial charge >= 0.3 is 0 Å². The van der Waals surface area contributed by atoms with Crippen molar-refractivity contribution in [2.75, 3.05) is 26.7 Å². The molecule has 38 heavy (non-hydrogen) atoms. The number of nitrogens with zero attached hydrogens (tertiary/aromatic N) is 2. The van der Waals surface area contributed by atoms with Crippen LogP contribution in [0.2, 0.25) is 0 Å². The third kappa shape index (κ3) is 6.05. The van der Waals surface area contributed by atoms with E-state index in [0.717, 1.165) is 56.4 Å². The molecule has 4 aromatic rings. The largest absolute Gasteiger partial charge is 0.493 e. The molecule has 3 aromatic carbocycles. The average molecular weight is 517 g/mol. The highest BCUT2D eigenvalue weighted by molar-refractivity contribution is 5.94. The van der Waals surface area contributed by atoms with Crippen molar-refractivity contribution in [3.63, 3.8) is 0 Å². The molecular formula is C31H33FN2O4. The second-order valence-corrected chi connectivity index (χ2v) is 9.96. The van der Waals surface area contributed by atoms with Crippen molar-refractivity contribution in [3.05, 3.63) is 89.4 Å². The zero-order chi connectivity index (χ0) is 26.5. The van der Waals surface area contributed by atoms with Crippen LogP contribution in [0.4, 0.5) is 4.39 Å². The standard InChI is InChI=1S/C31H33FN2O4/c1-21(35)24-8-11-28(30(19-24)36-2)37-26(18-22-6-4-3-5-7-22)14-17-34-15-12-23(13-16-34)31-27-10-9-25(32)20-29(27)38-33-31/h3-11,19-20,23,26H,12-18H2,1-2H3. The van der Waals surface area contributed by atoms with Gasteiger partial charge in [-0.15, -0.1) is 0 Å². The predicted molar refractivity (Wildman–Crippen MR) is 145 cm³/mol. The summed E-state index contributed by atoms with van der Waals surface area (Å²) in [6.45, 7) is 4.36. The maximum Gasteiger partial charge on any atom is 0.170 e. The number of Topliss-reactive ketones (excluding diaryl/α,β-unsaturated/α-hetero) is 1. The molecule has 0 radical (unpaired) electrons. The Morgan fingerprint density at radius 3 is 2.61 bits per heavy atom. The minimum absolute atomic E-state index is 0.00938. The Morgan fingerprint density at radius 1 is 1.08 bits per heavy atom. The van der Waals surface area contributed by atoms with E-state index in [9.17, 15) is 9.18 Å². The molecule has 5 rings (SSSR count). The lowest BCUT2D eigenvalue weighted by atomic mass is 9.91. The summed E-state index contributed by atoms with van der Waals surface area (Å²) >= 11 is 0. The predicted octanol–water partition coefficient (Wildman–Crippen LogP) is 6.44. The lowest BCUT2D eigenvalue weighted by Gasteiger charge is -2.32. The molecule has 1 saturated heterocycles. The van der Waals surface area contributed by atoms with E-state index in [1.165, 1.54) is 17.7 Å². The van der Waals surface area contributed by atoms with Crippen LogP contribution in [0, 0.1) is 5.82 Å². The van der Waals surface area contributed by atoms with Crippen LogP contribution in [0.1, 0.15) is 53.7 Å². The van der Waals surface area contributed by atoms with E-state index in [0.29, 0.717) is 28.6 Å². The third-order valence-corrected chi connectivity index (χ3v) is 7.37. The zero-order valence-corrected chi connectivity index (χ0v) is 21.9. The first-order valence-electron chi connectivity index (χ1n) is 13.2. The normalized spacial score (nSPS) is 15.4. The Morgan fingerprint density at radius 2 is 1.87 bits per heavy atom. The second-order valence-electron chi connectivity index (χ2n) is 9.96. The lowest BCUT2D eigenvalue weighted by Crippen LogP contribution is -2.36. The molecule has 0 aliphatic carbocycles. The second kappa shape index (κ2) is 11.8. The number of rotatable bonds is 10. The fraction of sp³-hybridized carbons (Fsp3) is 0.355. The first kappa shape index (κ1) is 25.9. The Labute approximate surface area is 222 Å². The monoisotopic (exact) mass is 516 g/mol. The van der Waals surface area contributed by atoms with Crippen molar-refractivity contribution in [1.29, 1.82) is 0 Å². The highest BCUT2D eigenvalue weighted by atomic mass is 19.1. The summed E-state index contributed by atoms with van der Waals surface area (Å²) in [5.41, 5.74) is 3.26. The van der Waals surface area contributed by atoms with Crippen molar-refractivity contribution < 1.29 is 23.2 Å². The van der Waals surface area contributed by atoms with Crippen LogP contribution < -0.4 is 9.47 Å². The topological polar surface area (TPSA) is 64.8 Å². The van der Waals surface area contributed by atoms with Crippen LogP contribution in [0.3, 0.4) is 0 Å². The van der Waals surface area contributed by atoms with E-state index in [1.54, 1.807) is 32.2 Å². The number of carbonyl (C=O) groups excluding carboxylic acids is 1. The molecule has 1 atom stereocenters. The van der Waals surface area contributed by atoms with Gasteiger partial charge < -0.3 is 18.9 Å². The summed E-state index contributed by atoms with van der Waals surface area (Å²) in [4.78, 5) is 14.3.